The van der Waals surface area contributed by atoms with E-state index in [9.17, 15) is 4.39 Å². The summed E-state index contributed by atoms with van der Waals surface area (Å²) in [5, 5.41) is 4.17. The van der Waals surface area contributed by atoms with Crippen LogP contribution in [0.4, 0.5) is 4.39 Å². The van der Waals surface area contributed by atoms with Crippen LogP contribution in [0.15, 0.2) is 18.2 Å². The molecule has 4 heteroatoms. The Morgan fingerprint density at radius 2 is 2.19 bits per heavy atom. The molecule has 0 bridgehead atoms. The van der Waals surface area contributed by atoms with Crippen molar-refractivity contribution in [3.05, 3.63) is 34.6 Å². The number of hydrogen-bond acceptors (Lipinski definition) is 2. The lowest BCUT2D eigenvalue weighted by Gasteiger charge is -2.41. The smallest absolute Gasteiger partial charge is 0.129 e. The largest absolute Gasteiger partial charge is 0.311 e. The van der Waals surface area contributed by atoms with Crippen molar-refractivity contribution in [2.24, 2.45) is 5.92 Å². The SMILES string of the molecule is CCCC1CNC(C2CC2)CN1Cc1ccc(Cl)cc1F. The number of hydrogen-bond donors (Lipinski definition) is 1. The highest BCUT2D eigenvalue weighted by molar-refractivity contribution is 6.30. The van der Waals surface area contributed by atoms with Crippen LogP contribution >= 0.6 is 11.6 Å². The van der Waals surface area contributed by atoms with E-state index in [-0.39, 0.29) is 5.82 Å². The minimum Gasteiger partial charge on any atom is -0.311 e. The quantitative estimate of drug-likeness (QED) is 0.889. The number of nitrogens with one attached hydrogen (secondary N) is 1. The first kappa shape index (κ1) is 15.3. The molecule has 1 aliphatic carbocycles. The number of rotatable bonds is 5. The molecule has 2 atom stereocenters. The Bertz CT molecular complexity index is 490. The van der Waals surface area contributed by atoms with E-state index in [2.05, 4.69) is 17.1 Å². The topological polar surface area (TPSA) is 15.3 Å². The summed E-state index contributed by atoms with van der Waals surface area (Å²) in [6, 6.07) is 6.14. The molecule has 1 aromatic carbocycles. The van der Waals surface area contributed by atoms with Crippen LogP contribution < -0.4 is 5.32 Å². The van der Waals surface area contributed by atoms with Gasteiger partial charge in [-0.25, -0.2) is 4.39 Å². The van der Waals surface area contributed by atoms with Gasteiger partial charge in [0.1, 0.15) is 5.82 Å². The van der Waals surface area contributed by atoms with Gasteiger partial charge in [0.15, 0.2) is 0 Å². The van der Waals surface area contributed by atoms with Crippen LogP contribution in [0, 0.1) is 11.7 Å². The maximum absolute atomic E-state index is 14.1. The lowest BCUT2D eigenvalue weighted by molar-refractivity contribution is 0.107. The third-order valence-electron chi connectivity index (χ3n) is 4.76. The van der Waals surface area contributed by atoms with E-state index >= 15 is 0 Å². The maximum Gasteiger partial charge on any atom is 0.129 e. The highest BCUT2D eigenvalue weighted by Crippen LogP contribution is 2.35. The second kappa shape index (κ2) is 6.64. The van der Waals surface area contributed by atoms with Gasteiger partial charge in [0, 0.05) is 42.3 Å². The fourth-order valence-corrected chi connectivity index (χ4v) is 3.54. The Kier molecular flexibility index (Phi) is 4.82. The Balaban J connectivity index is 1.71. The van der Waals surface area contributed by atoms with Gasteiger partial charge < -0.3 is 5.32 Å². The predicted molar refractivity (Wildman–Crippen MR) is 85.0 cm³/mol. The molecule has 3 rings (SSSR count). The van der Waals surface area contributed by atoms with E-state index in [0.29, 0.717) is 23.7 Å². The zero-order valence-electron chi connectivity index (χ0n) is 12.6. The molecule has 116 valence electrons. The molecule has 0 radical (unpaired) electrons. The fraction of sp³-hybridized carbons (Fsp3) is 0.647. The van der Waals surface area contributed by atoms with Gasteiger partial charge in [0.25, 0.3) is 0 Å². The van der Waals surface area contributed by atoms with Crippen LogP contribution in [-0.2, 0) is 6.54 Å². The second-order valence-corrected chi connectivity index (χ2v) is 6.90. The van der Waals surface area contributed by atoms with Gasteiger partial charge in [-0.15, -0.1) is 0 Å². The van der Waals surface area contributed by atoms with Crippen LogP contribution in [0.5, 0.6) is 0 Å². The molecule has 1 heterocycles. The first-order valence-corrected chi connectivity index (χ1v) is 8.46. The third kappa shape index (κ3) is 3.77. The molecule has 21 heavy (non-hydrogen) atoms. The van der Waals surface area contributed by atoms with Crippen molar-refractivity contribution < 1.29 is 4.39 Å². The summed E-state index contributed by atoms with van der Waals surface area (Å²) in [5.41, 5.74) is 0.761. The normalized spacial score (nSPS) is 27.0. The minimum absolute atomic E-state index is 0.181. The molecule has 0 amide bonds. The molecule has 0 aromatic heterocycles. The second-order valence-electron chi connectivity index (χ2n) is 6.46. The van der Waals surface area contributed by atoms with Crippen LogP contribution in [0.2, 0.25) is 5.02 Å². The van der Waals surface area contributed by atoms with Gasteiger partial charge >= 0.3 is 0 Å². The Hall–Kier alpha value is -0.640. The average Bonchev–Trinajstić information content (AvgIpc) is 3.28. The van der Waals surface area contributed by atoms with Crippen LogP contribution in [-0.4, -0.2) is 30.1 Å². The van der Waals surface area contributed by atoms with E-state index in [0.717, 1.165) is 24.6 Å². The van der Waals surface area contributed by atoms with Crippen LogP contribution in [0.3, 0.4) is 0 Å². The van der Waals surface area contributed by atoms with Crippen molar-refractivity contribution in [3.63, 3.8) is 0 Å². The summed E-state index contributed by atoms with van der Waals surface area (Å²) >= 11 is 5.85. The number of benzene rings is 1. The van der Waals surface area contributed by atoms with Gasteiger partial charge in [-0.1, -0.05) is 31.0 Å². The molecule has 1 aliphatic heterocycles. The Morgan fingerprint density at radius 3 is 2.86 bits per heavy atom. The highest BCUT2D eigenvalue weighted by Gasteiger charge is 2.36. The van der Waals surface area contributed by atoms with E-state index < -0.39 is 0 Å². The molecule has 2 nitrogen and oxygen atoms in total. The molecular formula is C17H24ClFN2. The van der Waals surface area contributed by atoms with Crippen molar-refractivity contribution in [1.29, 1.82) is 0 Å². The van der Waals surface area contributed by atoms with Crippen LogP contribution in [0.1, 0.15) is 38.2 Å². The Morgan fingerprint density at radius 1 is 1.38 bits per heavy atom. The molecule has 2 aliphatic rings. The molecule has 1 saturated heterocycles. The van der Waals surface area contributed by atoms with Crippen molar-refractivity contribution in [3.8, 4) is 0 Å². The first-order chi connectivity index (χ1) is 10.2. The van der Waals surface area contributed by atoms with Gasteiger partial charge in [-0.2, -0.15) is 0 Å². The minimum atomic E-state index is -0.181. The average molecular weight is 311 g/mol. The lowest BCUT2D eigenvalue weighted by atomic mass is 10.0. The highest BCUT2D eigenvalue weighted by atomic mass is 35.5. The molecule has 0 spiro atoms. The van der Waals surface area contributed by atoms with Crippen LogP contribution in [0.25, 0.3) is 0 Å². The van der Waals surface area contributed by atoms with Gasteiger partial charge in [0.05, 0.1) is 0 Å². The number of halogens is 2. The first-order valence-electron chi connectivity index (χ1n) is 8.08. The zero-order valence-corrected chi connectivity index (χ0v) is 13.4. The molecule has 1 aromatic rings. The number of piperazine rings is 1. The van der Waals surface area contributed by atoms with Gasteiger partial charge in [-0.3, -0.25) is 4.90 Å². The summed E-state index contributed by atoms with van der Waals surface area (Å²) in [6.07, 6.45) is 5.03. The van der Waals surface area contributed by atoms with Gasteiger partial charge in [0.2, 0.25) is 0 Å². The molecule has 2 unspecified atom stereocenters. The summed E-state index contributed by atoms with van der Waals surface area (Å²) in [6.45, 7) is 4.98. The maximum atomic E-state index is 14.1. The summed E-state index contributed by atoms with van der Waals surface area (Å²) in [4.78, 5) is 2.47. The van der Waals surface area contributed by atoms with E-state index in [1.54, 1.807) is 6.07 Å². The number of nitrogens with zero attached hydrogens (tertiary/aromatic N) is 1. The summed E-state index contributed by atoms with van der Waals surface area (Å²) < 4.78 is 14.1. The summed E-state index contributed by atoms with van der Waals surface area (Å²) in [5.74, 6) is 0.657. The molecule has 1 N–H and O–H groups in total. The molecule has 2 fully saturated rings. The standard InChI is InChI=1S/C17H24ClFN2/c1-2-3-15-9-20-17(12-4-5-12)11-21(15)10-13-6-7-14(18)8-16(13)19/h6-8,12,15,17,20H,2-5,9-11H2,1H3. The zero-order chi connectivity index (χ0) is 14.8. The van der Waals surface area contributed by atoms with E-state index in [4.69, 9.17) is 11.6 Å². The Labute approximate surface area is 131 Å². The third-order valence-corrected chi connectivity index (χ3v) is 5.00. The predicted octanol–water partition coefficient (Wildman–Crippen LogP) is 3.83. The lowest BCUT2D eigenvalue weighted by Crippen LogP contribution is -2.56. The van der Waals surface area contributed by atoms with E-state index in [1.165, 1.54) is 31.7 Å². The van der Waals surface area contributed by atoms with Crippen molar-refractivity contribution in [2.45, 2.75) is 51.2 Å². The monoisotopic (exact) mass is 310 g/mol. The fourth-order valence-electron chi connectivity index (χ4n) is 3.38. The molecule has 1 saturated carbocycles. The van der Waals surface area contributed by atoms with Crippen molar-refractivity contribution >= 4 is 11.6 Å². The molecular weight excluding hydrogens is 287 g/mol. The van der Waals surface area contributed by atoms with Gasteiger partial charge in [-0.05, 0) is 37.3 Å². The summed E-state index contributed by atoms with van der Waals surface area (Å²) in [7, 11) is 0. The van der Waals surface area contributed by atoms with Crippen molar-refractivity contribution in [2.75, 3.05) is 13.1 Å². The van der Waals surface area contributed by atoms with Crippen molar-refractivity contribution in [1.82, 2.24) is 10.2 Å². The van der Waals surface area contributed by atoms with E-state index in [1.807, 2.05) is 6.07 Å².